The van der Waals surface area contributed by atoms with Crippen molar-refractivity contribution in [3.8, 4) is 5.75 Å². The predicted molar refractivity (Wildman–Crippen MR) is 96.5 cm³/mol. The molecule has 8 nitrogen and oxygen atoms in total. The molecule has 142 valence electrons. The number of aromatic nitrogens is 1. The van der Waals surface area contributed by atoms with Gasteiger partial charge in [-0.2, -0.15) is 0 Å². The third-order valence-electron chi connectivity index (χ3n) is 5.25. The molecule has 26 heavy (non-hydrogen) atoms. The van der Waals surface area contributed by atoms with E-state index in [1.54, 1.807) is 13.3 Å². The number of carboxylic acid groups (broad SMARTS) is 1. The molecular weight excluding hydrogens is 336 g/mol. The summed E-state index contributed by atoms with van der Waals surface area (Å²) < 4.78 is 5.23. The van der Waals surface area contributed by atoms with E-state index in [2.05, 4.69) is 15.2 Å². The predicted octanol–water partition coefficient (Wildman–Crippen LogP) is 1.57. The molecule has 0 bridgehead atoms. The monoisotopic (exact) mass is 362 g/mol. The Kier molecular flexibility index (Phi) is 5.80. The summed E-state index contributed by atoms with van der Waals surface area (Å²) in [6, 6.07) is 3.74. The van der Waals surface area contributed by atoms with Gasteiger partial charge in [0.05, 0.1) is 13.0 Å². The van der Waals surface area contributed by atoms with E-state index in [9.17, 15) is 9.59 Å². The minimum absolute atomic E-state index is 0.0537. The highest BCUT2D eigenvalue weighted by Crippen LogP contribution is 2.25. The third-order valence-corrected chi connectivity index (χ3v) is 5.25. The van der Waals surface area contributed by atoms with Crippen LogP contribution in [-0.4, -0.2) is 66.3 Å². The number of rotatable bonds is 4. The number of hydrogen-bond acceptors (Lipinski definition) is 5. The molecule has 1 aliphatic carbocycles. The second-order valence-electron chi connectivity index (χ2n) is 6.86. The first-order valence-electron chi connectivity index (χ1n) is 9.10. The van der Waals surface area contributed by atoms with Crippen LogP contribution in [0.15, 0.2) is 18.3 Å². The first kappa shape index (κ1) is 18.3. The van der Waals surface area contributed by atoms with E-state index in [0.29, 0.717) is 25.9 Å². The van der Waals surface area contributed by atoms with Gasteiger partial charge >= 0.3 is 12.0 Å². The fourth-order valence-electron chi connectivity index (χ4n) is 3.59. The van der Waals surface area contributed by atoms with Gasteiger partial charge < -0.3 is 25.0 Å². The summed E-state index contributed by atoms with van der Waals surface area (Å²) in [5.41, 5.74) is 0. The third kappa shape index (κ3) is 4.36. The fraction of sp³-hybridized carbons (Fsp3) is 0.611. The van der Waals surface area contributed by atoms with Crippen LogP contribution in [0.4, 0.5) is 10.6 Å². The molecule has 0 atom stereocenters. The smallest absolute Gasteiger partial charge is 0.317 e. The number of carboxylic acids is 1. The number of piperazine rings is 1. The Morgan fingerprint density at radius 2 is 1.88 bits per heavy atom. The molecule has 0 radical (unpaired) electrons. The molecular formula is C18H26N4O4. The SMILES string of the molecule is COc1ccnc(N2CCN(C(=O)NC3CCC(C(=O)O)CC3)CC2)c1. The fourth-order valence-corrected chi connectivity index (χ4v) is 3.59. The average Bonchev–Trinajstić information content (AvgIpc) is 2.68. The quantitative estimate of drug-likeness (QED) is 0.844. The molecule has 0 unspecified atom stereocenters. The molecule has 2 amide bonds. The van der Waals surface area contributed by atoms with Gasteiger partial charge in [0, 0.05) is 44.5 Å². The molecule has 2 heterocycles. The number of carbonyl (C=O) groups excluding carboxylic acids is 1. The van der Waals surface area contributed by atoms with E-state index in [0.717, 1.165) is 37.5 Å². The van der Waals surface area contributed by atoms with Gasteiger partial charge in [0.2, 0.25) is 0 Å². The van der Waals surface area contributed by atoms with Crippen LogP contribution in [0, 0.1) is 5.92 Å². The molecule has 2 N–H and O–H groups in total. The summed E-state index contributed by atoms with van der Waals surface area (Å²) in [5, 5.41) is 12.1. The average molecular weight is 362 g/mol. The summed E-state index contributed by atoms with van der Waals surface area (Å²) >= 11 is 0. The Hall–Kier alpha value is -2.51. The van der Waals surface area contributed by atoms with Gasteiger partial charge in [-0.1, -0.05) is 0 Å². The number of nitrogens with one attached hydrogen (secondary N) is 1. The lowest BCUT2D eigenvalue weighted by atomic mass is 9.86. The molecule has 2 aliphatic rings. The van der Waals surface area contributed by atoms with Crippen LogP contribution >= 0.6 is 0 Å². The largest absolute Gasteiger partial charge is 0.497 e. The van der Waals surface area contributed by atoms with E-state index < -0.39 is 5.97 Å². The molecule has 3 rings (SSSR count). The van der Waals surface area contributed by atoms with E-state index >= 15 is 0 Å². The maximum Gasteiger partial charge on any atom is 0.317 e. The Balaban J connectivity index is 1.46. The van der Waals surface area contributed by atoms with E-state index in [-0.39, 0.29) is 18.0 Å². The lowest BCUT2D eigenvalue weighted by Gasteiger charge is -2.36. The first-order chi connectivity index (χ1) is 12.6. The van der Waals surface area contributed by atoms with Crippen LogP contribution < -0.4 is 15.0 Å². The van der Waals surface area contributed by atoms with E-state index in [1.165, 1.54) is 0 Å². The Bertz CT molecular complexity index is 638. The van der Waals surface area contributed by atoms with Crippen molar-refractivity contribution < 1.29 is 19.4 Å². The number of anilines is 1. The van der Waals surface area contributed by atoms with E-state index in [1.807, 2.05) is 17.0 Å². The van der Waals surface area contributed by atoms with Gasteiger partial charge in [0.1, 0.15) is 11.6 Å². The van der Waals surface area contributed by atoms with Crippen molar-refractivity contribution in [2.75, 3.05) is 38.2 Å². The minimum Gasteiger partial charge on any atom is -0.497 e. The Labute approximate surface area is 153 Å². The lowest BCUT2D eigenvalue weighted by molar-refractivity contribution is -0.142. The normalized spacial score (nSPS) is 23.4. The molecule has 1 aromatic rings. The highest BCUT2D eigenvalue weighted by Gasteiger charge is 2.29. The number of hydrogen-bond donors (Lipinski definition) is 2. The number of methoxy groups -OCH3 is 1. The second kappa shape index (κ2) is 8.25. The molecule has 1 aromatic heterocycles. The number of amides is 2. The summed E-state index contributed by atoms with van der Waals surface area (Å²) in [6.07, 6.45) is 4.46. The summed E-state index contributed by atoms with van der Waals surface area (Å²) in [6.45, 7) is 2.71. The number of aliphatic carboxylic acids is 1. The van der Waals surface area contributed by atoms with Crippen molar-refractivity contribution >= 4 is 17.8 Å². The highest BCUT2D eigenvalue weighted by molar-refractivity contribution is 5.75. The number of nitrogens with zero attached hydrogens (tertiary/aromatic N) is 3. The number of carbonyl (C=O) groups is 2. The van der Waals surface area contributed by atoms with Crippen molar-refractivity contribution in [1.82, 2.24) is 15.2 Å². The van der Waals surface area contributed by atoms with Crippen molar-refractivity contribution in [3.05, 3.63) is 18.3 Å². The molecule has 1 saturated heterocycles. The van der Waals surface area contributed by atoms with Crippen molar-refractivity contribution in [1.29, 1.82) is 0 Å². The van der Waals surface area contributed by atoms with Gasteiger partial charge in [0.25, 0.3) is 0 Å². The topological polar surface area (TPSA) is 95.0 Å². The summed E-state index contributed by atoms with van der Waals surface area (Å²) in [4.78, 5) is 31.8. The van der Waals surface area contributed by atoms with Gasteiger partial charge in [0.15, 0.2) is 0 Å². The minimum atomic E-state index is -0.725. The van der Waals surface area contributed by atoms with E-state index in [4.69, 9.17) is 9.84 Å². The van der Waals surface area contributed by atoms with Gasteiger partial charge in [-0.05, 0) is 31.7 Å². The molecule has 0 spiro atoms. The summed E-state index contributed by atoms with van der Waals surface area (Å²) in [7, 11) is 1.63. The highest BCUT2D eigenvalue weighted by atomic mass is 16.5. The van der Waals surface area contributed by atoms with Crippen LogP contribution in [0.2, 0.25) is 0 Å². The van der Waals surface area contributed by atoms with Crippen LogP contribution in [0.5, 0.6) is 5.75 Å². The number of pyridine rings is 1. The maximum atomic E-state index is 12.5. The van der Waals surface area contributed by atoms with Gasteiger partial charge in [-0.3, -0.25) is 4.79 Å². The molecule has 1 aliphatic heterocycles. The van der Waals surface area contributed by atoms with Crippen molar-refractivity contribution in [3.63, 3.8) is 0 Å². The molecule has 2 fully saturated rings. The lowest BCUT2D eigenvalue weighted by Crippen LogP contribution is -2.54. The van der Waals surface area contributed by atoms with Crippen LogP contribution in [0.25, 0.3) is 0 Å². The second-order valence-corrected chi connectivity index (χ2v) is 6.86. The first-order valence-corrected chi connectivity index (χ1v) is 9.10. The molecule has 8 heteroatoms. The standard InChI is InChI=1S/C18H26N4O4/c1-26-15-6-7-19-16(12-15)21-8-10-22(11-9-21)18(25)20-14-4-2-13(3-5-14)17(23)24/h6-7,12-14H,2-5,8-11H2,1H3,(H,20,25)(H,23,24). The van der Waals surface area contributed by atoms with Crippen molar-refractivity contribution in [2.45, 2.75) is 31.7 Å². The van der Waals surface area contributed by atoms with Gasteiger partial charge in [-0.15, -0.1) is 0 Å². The zero-order valence-corrected chi connectivity index (χ0v) is 15.1. The van der Waals surface area contributed by atoms with Gasteiger partial charge in [-0.25, -0.2) is 9.78 Å². The summed E-state index contributed by atoms with van der Waals surface area (Å²) in [5.74, 6) is 0.641. The zero-order valence-electron chi connectivity index (χ0n) is 15.1. The Morgan fingerprint density at radius 3 is 2.50 bits per heavy atom. The maximum absolute atomic E-state index is 12.5. The Morgan fingerprint density at radius 1 is 1.19 bits per heavy atom. The zero-order chi connectivity index (χ0) is 18.5. The molecule has 0 aromatic carbocycles. The number of urea groups is 1. The van der Waals surface area contributed by atoms with Crippen LogP contribution in [0.3, 0.4) is 0 Å². The molecule has 1 saturated carbocycles. The van der Waals surface area contributed by atoms with Crippen molar-refractivity contribution in [2.24, 2.45) is 5.92 Å². The van der Waals surface area contributed by atoms with Crippen LogP contribution in [-0.2, 0) is 4.79 Å². The van der Waals surface area contributed by atoms with Crippen LogP contribution in [0.1, 0.15) is 25.7 Å². The number of ether oxygens (including phenoxy) is 1.